The summed E-state index contributed by atoms with van der Waals surface area (Å²) in [6, 6.07) is 20.3. The molecule has 2 fully saturated rings. The second kappa shape index (κ2) is 8.63. The van der Waals surface area contributed by atoms with Crippen LogP contribution in [0.25, 0.3) is 0 Å². The molecular formula is C27H23FN2O5. The molecule has 2 N–H and O–H groups in total. The Morgan fingerprint density at radius 3 is 2.40 bits per heavy atom. The molecule has 0 spiro atoms. The van der Waals surface area contributed by atoms with Gasteiger partial charge in [-0.15, -0.1) is 0 Å². The molecule has 5 rings (SSSR count). The lowest BCUT2D eigenvalue weighted by atomic mass is 9.76. The summed E-state index contributed by atoms with van der Waals surface area (Å²) >= 11 is 0. The first-order valence-electron chi connectivity index (χ1n) is 11.2. The summed E-state index contributed by atoms with van der Waals surface area (Å²) in [6.45, 7) is 0. The van der Waals surface area contributed by atoms with E-state index in [2.05, 4.69) is 5.32 Å². The number of nitrogens with one attached hydrogen (secondary N) is 1. The minimum absolute atomic E-state index is 0.00108. The van der Waals surface area contributed by atoms with Gasteiger partial charge in [0.05, 0.1) is 24.6 Å². The average Bonchev–Trinajstić information content (AvgIpc) is 3.34. The van der Waals surface area contributed by atoms with Crippen LogP contribution in [0.5, 0.6) is 5.75 Å². The second-order valence-electron chi connectivity index (χ2n) is 8.83. The van der Waals surface area contributed by atoms with Crippen LogP contribution in [0.15, 0.2) is 78.9 Å². The van der Waals surface area contributed by atoms with Gasteiger partial charge in [0, 0.05) is 12.5 Å². The highest BCUT2D eigenvalue weighted by atomic mass is 19.1. The summed E-state index contributed by atoms with van der Waals surface area (Å²) in [5.41, 5.74) is -0.175. The predicted molar refractivity (Wildman–Crippen MR) is 125 cm³/mol. The van der Waals surface area contributed by atoms with Gasteiger partial charge in [-0.2, -0.15) is 0 Å². The van der Waals surface area contributed by atoms with Crippen LogP contribution in [-0.4, -0.2) is 35.5 Å². The normalized spacial score (nSPS) is 25.5. The van der Waals surface area contributed by atoms with Crippen molar-refractivity contribution in [1.29, 1.82) is 0 Å². The van der Waals surface area contributed by atoms with Crippen LogP contribution in [0.4, 0.5) is 10.1 Å². The quantitative estimate of drug-likeness (QED) is 0.532. The van der Waals surface area contributed by atoms with E-state index in [0.717, 1.165) is 17.0 Å². The summed E-state index contributed by atoms with van der Waals surface area (Å²) in [7, 11) is 1.52. The van der Waals surface area contributed by atoms with Gasteiger partial charge in [0.1, 0.15) is 17.1 Å². The number of hydrogen-bond donors (Lipinski definition) is 2. The van der Waals surface area contributed by atoms with E-state index < -0.39 is 47.0 Å². The lowest BCUT2D eigenvalue weighted by Gasteiger charge is -2.31. The number of imide groups is 1. The highest BCUT2D eigenvalue weighted by molar-refractivity contribution is 6.24. The first-order chi connectivity index (χ1) is 16.9. The number of anilines is 1. The molecule has 4 atom stereocenters. The number of aliphatic carboxylic acids is 1. The number of carbonyl (C=O) groups excluding carboxylic acids is 2. The number of carboxylic acid groups (broad SMARTS) is 1. The Morgan fingerprint density at radius 1 is 1.03 bits per heavy atom. The summed E-state index contributed by atoms with van der Waals surface area (Å²) in [4.78, 5) is 41.4. The van der Waals surface area contributed by atoms with Crippen molar-refractivity contribution in [2.45, 2.75) is 18.0 Å². The summed E-state index contributed by atoms with van der Waals surface area (Å²) in [5.74, 6) is -4.47. The third-order valence-corrected chi connectivity index (χ3v) is 6.90. The fraction of sp³-hybridized carbons (Fsp3) is 0.222. The maximum absolute atomic E-state index is 13.8. The smallest absolute Gasteiger partial charge is 0.325 e. The molecule has 7 nitrogen and oxygen atoms in total. The molecule has 2 heterocycles. The third-order valence-electron chi connectivity index (χ3n) is 6.90. The number of rotatable bonds is 6. The third kappa shape index (κ3) is 3.66. The Hall–Kier alpha value is -4.04. The minimum atomic E-state index is -1.73. The van der Waals surface area contributed by atoms with Crippen LogP contribution in [-0.2, 0) is 20.8 Å². The van der Waals surface area contributed by atoms with Crippen molar-refractivity contribution in [2.75, 3.05) is 12.0 Å². The maximum atomic E-state index is 13.8. The summed E-state index contributed by atoms with van der Waals surface area (Å²) < 4.78 is 18.9. The summed E-state index contributed by atoms with van der Waals surface area (Å²) in [5, 5.41) is 13.7. The molecule has 0 unspecified atom stereocenters. The SMILES string of the molecule is COc1cccc([C@@H]2N[C@](Cc3ccccc3)(C(=O)O)[C@H]3C(=O)N(c4ccc(F)cc4)C(=O)[C@@H]23)c1. The van der Waals surface area contributed by atoms with Gasteiger partial charge >= 0.3 is 5.97 Å². The molecule has 3 aromatic rings. The van der Waals surface area contributed by atoms with Gasteiger partial charge in [0.15, 0.2) is 0 Å². The lowest BCUT2D eigenvalue weighted by Crippen LogP contribution is -2.57. The van der Waals surface area contributed by atoms with Crippen LogP contribution in [0, 0.1) is 17.7 Å². The van der Waals surface area contributed by atoms with Gasteiger partial charge in [0.2, 0.25) is 11.8 Å². The van der Waals surface area contributed by atoms with Crippen molar-refractivity contribution in [3.8, 4) is 5.75 Å². The molecule has 0 radical (unpaired) electrons. The number of carboxylic acids is 1. The van der Waals surface area contributed by atoms with E-state index in [4.69, 9.17) is 4.74 Å². The van der Waals surface area contributed by atoms with E-state index in [9.17, 15) is 23.9 Å². The zero-order valence-corrected chi connectivity index (χ0v) is 18.9. The van der Waals surface area contributed by atoms with Crippen LogP contribution in [0.1, 0.15) is 17.2 Å². The van der Waals surface area contributed by atoms with Gasteiger partial charge in [-0.3, -0.25) is 19.7 Å². The molecule has 2 amide bonds. The van der Waals surface area contributed by atoms with Crippen molar-refractivity contribution in [3.05, 3.63) is 95.8 Å². The first-order valence-corrected chi connectivity index (χ1v) is 11.2. The van der Waals surface area contributed by atoms with Crippen LogP contribution < -0.4 is 15.0 Å². The number of hydrogen-bond acceptors (Lipinski definition) is 5. The fourth-order valence-electron chi connectivity index (χ4n) is 5.32. The van der Waals surface area contributed by atoms with Crippen molar-refractivity contribution < 1.29 is 28.6 Å². The number of fused-ring (bicyclic) bond motifs is 1. The number of methoxy groups -OCH3 is 1. The zero-order chi connectivity index (χ0) is 24.7. The van der Waals surface area contributed by atoms with E-state index in [1.54, 1.807) is 48.5 Å². The van der Waals surface area contributed by atoms with E-state index in [-0.39, 0.29) is 12.1 Å². The Bertz CT molecular complexity index is 1300. The number of nitrogens with zero attached hydrogens (tertiary/aromatic N) is 1. The van der Waals surface area contributed by atoms with Crippen LogP contribution >= 0.6 is 0 Å². The largest absolute Gasteiger partial charge is 0.497 e. The first kappa shape index (κ1) is 22.7. The van der Waals surface area contributed by atoms with Crippen molar-refractivity contribution >= 4 is 23.5 Å². The summed E-state index contributed by atoms with van der Waals surface area (Å²) in [6.07, 6.45) is 0.00108. The lowest BCUT2D eigenvalue weighted by molar-refractivity contribution is -0.148. The van der Waals surface area contributed by atoms with Gasteiger partial charge in [0.25, 0.3) is 0 Å². The van der Waals surface area contributed by atoms with Gasteiger partial charge in [-0.05, 0) is 47.5 Å². The van der Waals surface area contributed by atoms with E-state index >= 15 is 0 Å². The number of amides is 2. The molecule has 178 valence electrons. The minimum Gasteiger partial charge on any atom is -0.497 e. The zero-order valence-electron chi connectivity index (χ0n) is 18.9. The molecule has 8 heteroatoms. The molecule has 2 aliphatic heterocycles. The Balaban J connectivity index is 1.66. The maximum Gasteiger partial charge on any atom is 0.325 e. The van der Waals surface area contributed by atoms with E-state index in [1.165, 1.54) is 19.2 Å². The molecule has 35 heavy (non-hydrogen) atoms. The Kier molecular flexibility index (Phi) is 5.61. The van der Waals surface area contributed by atoms with E-state index in [1.807, 2.05) is 6.07 Å². The second-order valence-corrected chi connectivity index (χ2v) is 8.83. The number of ether oxygens (including phenoxy) is 1. The topological polar surface area (TPSA) is 95.9 Å². The van der Waals surface area contributed by atoms with E-state index in [0.29, 0.717) is 16.9 Å². The molecule has 0 bridgehead atoms. The average molecular weight is 474 g/mol. The molecule has 0 saturated carbocycles. The molecule has 0 aliphatic carbocycles. The molecule has 2 saturated heterocycles. The number of benzene rings is 3. The van der Waals surface area contributed by atoms with Crippen LogP contribution in [0.3, 0.4) is 0 Å². The molecule has 3 aromatic carbocycles. The highest BCUT2D eigenvalue weighted by Crippen LogP contribution is 2.51. The van der Waals surface area contributed by atoms with Crippen molar-refractivity contribution in [2.24, 2.45) is 11.8 Å². The van der Waals surface area contributed by atoms with Gasteiger partial charge < -0.3 is 9.84 Å². The number of halogens is 1. The fourth-order valence-corrected chi connectivity index (χ4v) is 5.32. The van der Waals surface area contributed by atoms with Gasteiger partial charge in [-0.1, -0.05) is 42.5 Å². The molecule has 2 aliphatic rings. The van der Waals surface area contributed by atoms with Crippen molar-refractivity contribution in [3.63, 3.8) is 0 Å². The number of carbonyl (C=O) groups is 3. The Morgan fingerprint density at radius 2 is 1.74 bits per heavy atom. The Labute approximate surface area is 201 Å². The van der Waals surface area contributed by atoms with Crippen LogP contribution in [0.2, 0.25) is 0 Å². The molecular weight excluding hydrogens is 451 g/mol. The van der Waals surface area contributed by atoms with Gasteiger partial charge in [-0.25, -0.2) is 9.29 Å². The highest BCUT2D eigenvalue weighted by Gasteiger charge is 2.68. The standard InChI is InChI=1S/C27H23FN2O5/c1-35-20-9-5-8-17(14-20)23-21-22(25(32)30(24(21)31)19-12-10-18(28)11-13-19)27(29-23,26(33)34)15-16-6-3-2-4-7-16/h2-14,21-23,29H,15H2,1H3,(H,33,34)/t21-,22-,23+,27+/m1/s1. The monoisotopic (exact) mass is 474 g/mol. The van der Waals surface area contributed by atoms with Crippen molar-refractivity contribution in [1.82, 2.24) is 5.32 Å². The predicted octanol–water partition coefficient (Wildman–Crippen LogP) is 3.35. The molecule has 0 aromatic heterocycles.